The molecule has 0 spiro atoms. The van der Waals surface area contributed by atoms with Crippen molar-refractivity contribution >= 4 is 16.9 Å². The molecule has 0 saturated carbocycles. The summed E-state index contributed by atoms with van der Waals surface area (Å²) in [6.07, 6.45) is 0. The number of hydrogen-bond acceptors (Lipinski definition) is 2. The van der Waals surface area contributed by atoms with E-state index in [1.165, 1.54) is 0 Å². The molecule has 1 N–H and O–H groups in total. The third-order valence-electron chi connectivity index (χ3n) is 3.52. The van der Waals surface area contributed by atoms with Crippen LogP contribution in [0.4, 0.5) is 0 Å². The Morgan fingerprint density at radius 2 is 1.77 bits per heavy atom. The molecule has 0 aliphatic rings. The SMILES string of the molecule is CC(C)n1c(C(=O)O)cc2cc(Oc3ccccc3)ccc21. The summed E-state index contributed by atoms with van der Waals surface area (Å²) in [7, 11) is 0. The number of para-hydroxylation sites is 1. The number of aromatic carboxylic acids is 1. The molecule has 1 heterocycles. The zero-order valence-corrected chi connectivity index (χ0v) is 12.5. The highest BCUT2D eigenvalue weighted by Crippen LogP contribution is 2.29. The van der Waals surface area contributed by atoms with E-state index in [9.17, 15) is 9.90 Å². The van der Waals surface area contributed by atoms with Crippen LogP contribution in [-0.4, -0.2) is 15.6 Å². The summed E-state index contributed by atoms with van der Waals surface area (Å²) in [6.45, 7) is 3.94. The number of carboxylic acid groups (broad SMARTS) is 1. The first-order valence-corrected chi connectivity index (χ1v) is 7.17. The van der Waals surface area contributed by atoms with Gasteiger partial charge >= 0.3 is 5.97 Å². The van der Waals surface area contributed by atoms with Crippen LogP contribution in [0.2, 0.25) is 0 Å². The molecule has 3 rings (SSSR count). The van der Waals surface area contributed by atoms with Crippen molar-refractivity contribution in [2.45, 2.75) is 19.9 Å². The van der Waals surface area contributed by atoms with E-state index in [4.69, 9.17) is 4.74 Å². The van der Waals surface area contributed by atoms with Crippen LogP contribution >= 0.6 is 0 Å². The number of ether oxygens (including phenoxy) is 1. The quantitative estimate of drug-likeness (QED) is 0.758. The number of hydrogen-bond donors (Lipinski definition) is 1. The minimum absolute atomic E-state index is 0.0736. The molecule has 0 unspecified atom stereocenters. The third-order valence-corrected chi connectivity index (χ3v) is 3.52. The molecule has 112 valence electrons. The molecule has 0 saturated heterocycles. The molecule has 4 heteroatoms. The largest absolute Gasteiger partial charge is 0.477 e. The zero-order chi connectivity index (χ0) is 15.7. The molecule has 1 aromatic heterocycles. The van der Waals surface area contributed by atoms with Gasteiger partial charge in [0, 0.05) is 16.9 Å². The van der Waals surface area contributed by atoms with E-state index in [0.29, 0.717) is 11.4 Å². The minimum Gasteiger partial charge on any atom is -0.477 e. The molecule has 0 amide bonds. The summed E-state index contributed by atoms with van der Waals surface area (Å²) in [5, 5.41) is 10.2. The topological polar surface area (TPSA) is 51.5 Å². The third kappa shape index (κ3) is 2.55. The lowest BCUT2D eigenvalue weighted by Crippen LogP contribution is -2.10. The predicted octanol–water partition coefficient (Wildman–Crippen LogP) is 4.71. The van der Waals surface area contributed by atoms with E-state index in [0.717, 1.165) is 16.7 Å². The Labute approximate surface area is 128 Å². The Hall–Kier alpha value is -2.75. The van der Waals surface area contributed by atoms with Crippen LogP contribution < -0.4 is 4.74 Å². The first-order chi connectivity index (χ1) is 10.6. The second-order valence-corrected chi connectivity index (χ2v) is 5.43. The van der Waals surface area contributed by atoms with Crippen LogP contribution in [-0.2, 0) is 0 Å². The fraction of sp³-hybridized carbons (Fsp3) is 0.167. The van der Waals surface area contributed by atoms with Gasteiger partial charge in [0.2, 0.25) is 0 Å². The van der Waals surface area contributed by atoms with Gasteiger partial charge in [-0.15, -0.1) is 0 Å². The van der Waals surface area contributed by atoms with Crippen LogP contribution in [0.25, 0.3) is 10.9 Å². The van der Waals surface area contributed by atoms with Gasteiger partial charge in [0.05, 0.1) is 0 Å². The molecule has 0 bridgehead atoms. The van der Waals surface area contributed by atoms with Gasteiger partial charge in [-0.1, -0.05) is 18.2 Å². The summed E-state index contributed by atoms with van der Waals surface area (Å²) in [5.74, 6) is 0.524. The number of rotatable bonds is 4. The summed E-state index contributed by atoms with van der Waals surface area (Å²) in [4.78, 5) is 11.4. The van der Waals surface area contributed by atoms with Crippen molar-refractivity contribution in [3.63, 3.8) is 0 Å². The molecule has 22 heavy (non-hydrogen) atoms. The lowest BCUT2D eigenvalue weighted by atomic mass is 10.2. The van der Waals surface area contributed by atoms with Crippen molar-refractivity contribution in [1.29, 1.82) is 0 Å². The van der Waals surface area contributed by atoms with Crippen LogP contribution in [0.15, 0.2) is 54.6 Å². The molecule has 0 radical (unpaired) electrons. The van der Waals surface area contributed by atoms with Gasteiger partial charge in [-0.25, -0.2) is 4.79 Å². The number of benzene rings is 2. The monoisotopic (exact) mass is 295 g/mol. The van der Waals surface area contributed by atoms with Gasteiger partial charge in [-0.2, -0.15) is 0 Å². The van der Waals surface area contributed by atoms with Crippen molar-refractivity contribution < 1.29 is 14.6 Å². The smallest absolute Gasteiger partial charge is 0.352 e. The highest BCUT2D eigenvalue weighted by atomic mass is 16.5. The van der Waals surface area contributed by atoms with Gasteiger partial charge in [-0.05, 0) is 50.2 Å². The minimum atomic E-state index is -0.921. The molecular weight excluding hydrogens is 278 g/mol. The van der Waals surface area contributed by atoms with E-state index >= 15 is 0 Å². The van der Waals surface area contributed by atoms with Crippen molar-refractivity contribution in [3.05, 3.63) is 60.3 Å². The number of aromatic nitrogens is 1. The molecule has 0 aliphatic carbocycles. The Morgan fingerprint density at radius 3 is 2.41 bits per heavy atom. The first-order valence-electron chi connectivity index (χ1n) is 7.17. The fourth-order valence-corrected chi connectivity index (χ4v) is 2.62. The standard InChI is InChI=1S/C18H17NO3/c1-12(2)19-16-9-8-15(22-14-6-4-3-5-7-14)10-13(16)11-17(19)18(20)21/h3-12H,1-2H3,(H,20,21). The number of carboxylic acids is 1. The molecule has 2 aromatic carbocycles. The molecule has 3 aromatic rings. The van der Waals surface area contributed by atoms with E-state index in [2.05, 4.69) is 0 Å². The average Bonchev–Trinajstić information content (AvgIpc) is 2.87. The van der Waals surface area contributed by atoms with Crippen LogP contribution in [0, 0.1) is 0 Å². The second kappa shape index (κ2) is 5.56. The van der Waals surface area contributed by atoms with Gasteiger partial charge in [-0.3, -0.25) is 0 Å². The first kappa shape index (κ1) is 14.2. The average molecular weight is 295 g/mol. The van der Waals surface area contributed by atoms with Gasteiger partial charge < -0.3 is 14.4 Å². The van der Waals surface area contributed by atoms with Crippen molar-refractivity contribution in [1.82, 2.24) is 4.57 Å². The molecule has 0 aliphatic heterocycles. The lowest BCUT2D eigenvalue weighted by Gasteiger charge is -2.12. The molecule has 0 atom stereocenters. The highest BCUT2D eigenvalue weighted by molar-refractivity contribution is 5.95. The fourth-order valence-electron chi connectivity index (χ4n) is 2.62. The Morgan fingerprint density at radius 1 is 1.05 bits per heavy atom. The predicted molar refractivity (Wildman–Crippen MR) is 85.8 cm³/mol. The Balaban J connectivity index is 2.05. The highest BCUT2D eigenvalue weighted by Gasteiger charge is 2.17. The summed E-state index contributed by atoms with van der Waals surface area (Å²) < 4.78 is 7.62. The van der Waals surface area contributed by atoms with Crippen LogP contribution in [0.5, 0.6) is 11.5 Å². The van der Waals surface area contributed by atoms with E-state index in [-0.39, 0.29) is 6.04 Å². The zero-order valence-electron chi connectivity index (χ0n) is 12.5. The number of carbonyl (C=O) groups is 1. The number of fused-ring (bicyclic) bond motifs is 1. The second-order valence-electron chi connectivity index (χ2n) is 5.43. The van der Waals surface area contributed by atoms with Crippen molar-refractivity contribution in [2.24, 2.45) is 0 Å². The van der Waals surface area contributed by atoms with E-state index in [1.807, 2.05) is 66.9 Å². The van der Waals surface area contributed by atoms with Crippen LogP contribution in [0.3, 0.4) is 0 Å². The summed E-state index contributed by atoms with van der Waals surface area (Å²) in [5.41, 5.74) is 1.19. The van der Waals surface area contributed by atoms with Gasteiger partial charge in [0.15, 0.2) is 0 Å². The lowest BCUT2D eigenvalue weighted by molar-refractivity contribution is 0.0684. The summed E-state index contributed by atoms with van der Waals surface area (Å²) >= 11 is 0. The summed E-state index contributed by atoms with van der Waals surface area (Å²) in [6, 6.07) is 16.9. The van der Waals surface area contributed by atoms with Crippen LogP contribution in [0.1, 0.15) is 30.4 Å². The maximum atomic E-state index is 11.4. The van der Waals surface area contributed by atoms with Crippen molar-refractivity contribution in [2.75, 3.05) is 0 Å². The molecule has 4 nitrogen and oxygen atoms in total. The van der Waals surface area contributed by atoms with E-state index < -0.39 is 5.97 Å². The van der Waals surface area contributed by atoms with Crippen molar-refractivity contribution in [3.8, 4) is 11.5 Å². The van der Waals surface area contributed by atoms with Gasteiger partial charge in [0.25, 0.3) is 0 Å². The Bertz CT molecular complexity index is 819. The normalized spacial score (nSPS) is 11.0. The Kier molecular flexibility index (Phi) is 3.59. The number of nitrogens with zero attached hydrogens (tertiary/aromatic N) is 1. The molecule has 0 fully saturated rings. The van der Waals surface area contributed by atoms with E-state index in [1.54, 1.807) is 6.07 Å². The maximum Gasteiger partial charge on any atom is 0.352 e. The van der Waals surface area contributed by atoms with Gasteiger partial charge in [0.1, 0.15) is 17.2 Å². The maximum absolute atomic E-state index is 11.4. The molecular formula is C18H17NO3.